The van der Waals surface area contributed by atoms with Gasteiger partial charge in [-0.15, -0.1) is 0 Å². The summed E-state index contributed by atoms with van der Waals surface area (Å²) in [6, 6.07) is 24.7. The maximum atomic E-state index is 13.4. The van der Waals surface area contributed by atoms with Gasteiger partial charge < -0.3 is 4.74 Å². The van der Waals surface area contributed by atoms with E-state index in [1.807, 2.05) is 60.7 Å². The highest BCUT2D eigenvalue weighted by molar-refractivity contribution is 7.89. The number of carbonyl (C=O) groups excluding carboxylic acids is 1. The van der Waals surface area contributed by atoms with E-state index in [1.165, 1.54) is 29.6 Å². The minimum Gasteiger partial charge on any atom is -0.465 e. The number of sulfonamides is 1. The molecular formula is C22H21NO4S. The van der Waals surface area contributed by atoms with E-state index < -0.39 is 16.0 Å². The average Bonchev–Trinajstić information content (AvgIpc) is 2.74. The fourth-order valence-electron chi connectivity index (χ4n) is 2.85. The van der Waals surface area contributed by atoms with Gasteiger partial charge in [-0.2, -0.15) is 4.31 Å². The fraction of sp³-hybridized carbons (Fsp3) is 0.136. The number of ether oxygens (including phenoxy) is 1. The third kappa shape index (κ3) is 4.65. The van der Waals surface area contributed by atoms with Crippen LogP contribution in [0.3, 0.4) is 0 Å². The van der Waals surface area contributed by atoms with Crippen LogP contribution in [0, 0.1) is 0 Å². The number of benzene rings is 3. The summed E-state index contributed by atoms with van der Waals surface area (Å²) in [6.07, 6.45) is 0. The second kappa shape index (κ2) is 8.82. The van der Waals surface area contributed by atoms with Crippen LogP contribution in [-0.4, -0.2) is 25.8 Å². The molecular weight excluding hydrogens is 374 g/mol. The molecule has 0 N–H and O–H groups in total. The van der Waals surface area contributed by atoms with Gasteiger partial charge in [0.25, 0.3) is 0 Å². The molecule has 0 radical (unpaired) electrons. The fourth-order valence-corrected chi connectivity index (χ4v) is 4.31. The second-order valence-electron chi connectivity index (χ2n) is 6.26. The van der Waals surface area contributed by atoms with Crippen molar-refractivity contribution in [2.75, 3.05) is 7.11 Å². The first-order valence-corrected chi connectivity index (χ1v) is 10.2. The van der Waals surface area contributed by atoms with Gasteiger partial charge in [-0.1, -0.05) is 66.7 Å². The van der Waals surface area contributed by atoms with Crippen LogP contribution in [0.5, 0.6) is 0 Å². The largest absolute Gasteiger partial charge is 0.465 e. The van der Waals surface area contributed by atoms with Crippen molar-refractivity contribution in [1.29, 1.82) is 0 Å². The van der Waals surface area contributed by atoms with Crippen molar-refractivity contribution in [1.82, 2.24) is 4.31 Å². The Labute approximate surface area is 165 Å². The van der Waals surface area contributed by atoms with Gasteiger partial charge in [0.05, 0.1) is 17.6 Å². The van der Waals surface area contributed by atoms with Crippen LogP contribution < -0.4 is 0 Å². The van der Waals surface area contributed by atoms with Gasteiger partial charge in [0.2, 0.25) is 10.0 Å². The zero-order valence-corrected chi connectivity index (χ0v) is 16.3. The van der Waals surface area contributed by atoms with Gasteiger partial charge >= 0.3 is 5.97 Å². The van der Waals surface area contributed by atoms with Gasteiger partial charge in [0.1, 0.15) is 0 Å². The van der Waals surface area contributed by atoms with E-state index in [1.54, 1.807) is 6.07 Å². The van der Waals surface area contributed by atoms with E-state index >= 15 is 0 Å². The molecule has 3 aromatic carbocycles. The molecule has 0 saturated carbocycles. The van der Waals surface area contributed by atoms with Crippen molar-refractivity contribution in [2.24, 2.45) is 0 Å². The molecule has 0 spiro atoms. The smallest absolute Gasteiger partial charge is 0.337 e. The monoisotopic (exact) mass is 395 g/mol. The predicted octanol–water partition coefficient (Wildman–Crippen LogP) is 3.86. The van der Waals surface area contributed by atoms with Gasteiger partial charge in [0.15, 0.2) is 0 Å². The first-order chi connectivity index (χ1) is 13.5. The standard InChI is InChI=1S/C22H21NO4S/c1-27-22(24)20-13-8-14-21(15-20)28(25,26)23(16-18-9-4-2-5-10-18)17-19-11-6-3-7-12-19/h2-15H,16-17H2,1H3. The Morgan fingerprint density at radius 2 is 1.36 bits per heavy atom. The van der Waals surface area contributed by atoms with E-state index in [0.29, 0.717) is 0 Å². The molecule has 0 aliphatic rings. The number of carbonyl (C=O) groups is 1. The summed E-state index contributed by atoms with van der Waals surface area (Å²) in [5, 5.41) is 0. The zero-order chi connectivity index (χ0) is 20.0. The maximum Gasteiger partial charge on any atom is 0.337 e. The molecule has 0 atom stereocenters. The summed E-state index contributed by atoms with van der Waals surface area (Å²) in [5.74, 6) is -0.574. The number of rotatable bonds is 7. The van der Waals surface area contributed by atoms with Crippen molar-refractivity contribution >= 4 is 16.0 Å². The molecule has 28 heavy (non-hydrogen) atoms. The minimum atomic E-state index is -3.84. The predicted molar refractivity (Wildman–Crippen MR) is 107 cm³/mol. The molecule has 3 rings (SSSR count). The maximum absolute atomic E-state index is 13.4. The summed E-state index contributed by atoms with van der Waals surface area (Å²) < 4.78 is 32.9. The lowest BCUT2D eigenvalue weighted by atomic mass is 10.2. The normalized spacial score (nSPS) is 11.4. The van der Waals surface area contributed by atoms with Crippen LogP contribution >= 0.6 is 0 Å². The number of hydrogen-bond donors (Lipinski definition) is 0. The zero-order valence-electron chi connectivity index (χ0n) is 15.5. The van der Waals surface area contributed by atoms with Crippen LogP contribution in [-0.2, 0) is 27.8 Å². The first kappa shape index (κ1) is 19.8. The summed E-state index contributed by atoms with van der Waals surface area (Å²) in [6.45, 7) is 0.445. The SMILES string of the molecule is COC(=O)c1cccc(S(=O)(=O)N(Cc2ccccc2)Cc2ccccc2)c1. The van der Waals surface area contributed by atoms with E-state index in [4.69, 9.17) is 4.74 Å². The van der Waals surface area contributed by atoms with Crippen molar-refractivity contribution in [3.8, 4) is 0 Å². The number of hydrogen-bond acceptors (Lipinski definition) is 4. The average molecular weight is 395 g/mol. The molecule has 144 valence electrons. The third-order valence-electron chi connectivity index (χ3n) is 4.30. The van der Waals surface area contributed by atoms with Gasteiger partial charge in [0, 0.05) is 13.1 Å². The van der Waals surface area contributed by atoms with Crippen molar-refractivity contribution in [3.05, 3.63) is 102 Å². The molecule has 6 heteroatoms. The number of methoxy groups -OCH3 is 1. The van der Waals surface area contributed by atoms with Gasteiger partial charge in [-0.3, -0.25) is 0 Å². The Morgan fingerprint density at radius 3 is 1.86 bits per heavy atom. The molecule has 0 aliphatic carbocycles. The van der Waals surface area contributed by atoms with Crippen molar-refractivity contribution in [3.63, 3.8) is 0 Å². The van der Waals surface area contributed by atoms with Gasteiger partial charge in [-0.05, 0) is 29.3 Å². The number of esters is 1. The molecule has 0 aliphatic heterocycles. The highest BCUT2D eigenvalue weighted by Crippen LogP contribution is 2.22. The molecule has 0 amide bonds. The highest BCUT2D eigenvalue weighted by Gasteiger charge is 2.26. The lowest BCUT2D eigenvalue weighted by molar-refractivity contribution is 0.0600. The van der Waals surface area contributed by atoms with Crippen LogP contribution in [0.15, 0.2) is 89.8 Å². The van der Waals surface area contributed by atoms with Crippen LogP contribution in [0.25, 0.3) is 0 Å². The Balaban J connectivity index is 1.99. The van der Waals surface area contributed by atoms with E-state index in [-0.39, 0.29) is 23.5 Å². The van der Waals surface area contributed by atoms with Crippen LogP contribution in [0.4, 0.5) is 0 Å². The summed E-state index contributed by atoms with van der Waals surface area (Å²) in [5.41, 5.74) is 1.96. The van der Waals surface area contributed by atoms with Gasteiger partial charge in [-0.25, -0.2) is 13.2 Å². The molecule has 5 nitrogen and oxygen atoms in total. The molecule has 0 fully saturated rings. The Bertz CT molecular complexity index is 993. The van der Waals surface area contributed by atoms with Crippen LogP contribution in [0.1, 0.15) is 21.5 Å². The van der Waals surface area contributed by atoms with E-state index in [2.05, 4.69) is 0 Å². The molecule has 0 bridgehead atoms. The summed E-state index contributed by atoms with van der Waals surface area (Å²) in [7, 11) is -2.57. The molecule has 0 unspecified atom stereocenters. The Kier molecular flexibility index (Phi) is 6.23. The lowest BCUT2D eigenvalue weighted by Crippen LogP contribution is -2.30. The van der Waals surface area contributed by atoms with Crippen molar-refractivity contribution < 1.29 is 17.9 Å². The first-order valence-electron chi connectivity index (χ1n) is 8.77. The van der Waals surface area contributed by atoms with E-state index in [0.717, 1.165) is 11.1 Å². The topological polar surface area (TPSA) is 63.7 Å². The summed E-state index contributed by atoms with van der Waals surface area (Å²) >= 11 is 0. The summed E-state index contributed by atoms with van der Waals surface area (Å²) in [4.78, 5) is 11.9. The molecule has 3 aromatic rings. The van der Waals surface area contributed by atoms with E-state index in [9.17, 15) is 13.2 Å². The Hall–Kier alpha value is -2.96. The quantitative estimate of drug-likeness (QED) is 0.570. The number of nitrogens with zero attached hydrogens (tertiary/aromatic N) is 1. The van der Waals surface area contributed by atoms with Crippen LogP contribution in [0.2, 0.25) is 0 Å². The minimum absolute atomic E-state index is 0.0577. The Morgan fingerprint density at radius 1 is 0.821 bits per heavy atom. The lowest BCUT2D eigenvalue weighted by Gasteiger charge is -2.23. The van der Waals surface area contributed by atoms with Crippen molar-refractivity contribution in [2.45, 2.75) is 18.0 Å². The molecule has 0 saturated heterocycles. The highest BCUT2D eigenvalue weighted by atomic mass is 32.2. The third-order valence-corrected chi connectivity index (χ3v) is 6.08. The molecule has 0 aromatic heterocycles. The second-order valence-corrected chi connectivity index (χ2v) is 8.20. The molecule has 0 heterocycles.